The molecule has 10 nitrogen and oxygen atoms in total. The van der Waals surface area contributed by atoms with Crippen molar-refractivity contribution < 1.29 is 41.0 Å². The molecule has 1 aliphatic rings. The normalized spacial score (nSPS) is 20.1. The van der Waals surface area contributed by atoms with Crippen LogP contribution < -0.4 is 15.8 Å². The summed E-state index contributed by atoms with van der Waals surface area (Å²) < 4.78 is 69.4. The maximum absolute atomic E-state index is 13.4. The number of hydrogen-bond donors (Lipinski definition) is 3. The zero-order chi connectivity index (χ0) is 31.0. The zero-order valence-corrected chi connectivity index (χ0v) is 24.6. The molecule has 1 saturated carbocycles. The first-order valence-corrected chi connectivity index (χ1v) is 15.2. The van der Waals surface area contributed by atoms with Crippen molar-refractivity contribution in [3.8, 4) is 11.4 Å². The molecule has 0 unspecified atom stereocenters. The summed E-state index contributed by atoms with van der Waals surface area (Å²) in [6, 6.07) is 4.20. The van der Waals surface area contributed by atoms with Gasteiger partial charge in [0.05, 0.1) is 16.5 Å². The first kappa shape index (κ1) is 32.4. The number of aryl methyl sites for hydroxylation is 1. The molecule has 1 aromatic heterocycles. The van der Waals surface area contributed by atoms with E-state index in [2.05, 4.69) is 15.0 Å². The predicted octanol–water partition coefficient (Wildman–Crippen LogP) is 3.47. The predicted molar refractivity (Wildman–Crippen MR) is 146 cm³/mol. The molecule has 4 N–H and O–H groups in total. The standard InChI is InChI=1S/C27H37F3N4O6S/c1-6-20-33-21(24(36)32-15-26(37)11-9-17(10-12-26)41(5,38)39)22(23(31)35)34(20)18-8-7-16(14-25(2,3)4)13-19(18)40-27(28,29)30/h7-8,13,17,37H,6,9-12,14-15H2,1-5H3,(H2,31,35)(H,32,36). The van der Waals surface area contributed by atoms with Crippen LogP contribution in [0.1, 0.15) is 85.7 Å². The third kappa shape index (κ3) is 8.22. The molecule has 1 aliphatic carbocycles. The van der Waals surface area contributed by atoms with Crippen LogP contribution in [0.3, 0.4) is 0 Å². The maximum Gasteiger partial charge on any atom is 0.573 e. The third-order valence-electron chi connectivity index (χ3n) is 6.98. The minimum Gasteiger partial charge on any atom is -0.404 e. The van der Waals surface area contributed by atoms with Gasteiger partial charge in [-0.1, -0.05) is 33.8 Å². The fourth-order valence-corrected chi connectivity index (χ4v) is 6.17. The number of primary amides is 1. The van der Waals surface area contributed by atoms with Gasteiger partial charge < -0.3 is 20.9 Å². The Labute approximate surface area is 237 Å². The van der Waals surface area contributed by atoms with Gasteiger partial charge in [0.1, 0.15) is 21.4 Å². The van der Waals surface area contributed by atoms with E-state index in [-0.39, 0.29) is 55.6 Å². The molecule has 0 atom stereocenters. The zero-order valence-electron chi connectivity index (χ0n) is 23.8. The summed E-state index contributed by atoms with van der Waals surface area (Å²) in [6.07, 6.45) is -2.64. The van der Waals surface area contributed by atoms with Gasteiger partial charge in [0.2, 0.25) is 0 Å². The molecule has 1 heterocycles. The number of sulfone groups is 1. The first-order valence-electron chi connectivity index (χ1n) is 13.2. The molecule has 41 heavy (non-hydrogen) atoms. The van der Waals surface area contributed by atoms with E-state index in [9.17, 15) is 36.3 Å². The number of nitrogens with two attached hydrogens (primary N) is 1. The maximum atomic E-state index is 13.4. The number of imidazole rings is 1. The van der Waals surface area contributed by atoms with Crippen molar-refractivity contribution in [2.75, 3.05) is 12.8 Å². The van der Waals surface area contributed by atoms with Gasteiger partial charge in [-0.05, 0) is 55.2 Å². The van der Waals surface area contributed by atoms with E-state index in [4.69, 9.17) is 5.73 Å². The number of alkyl halides is 3. The summed E-state index contributed by atoms with van der Waals surface area (Å²) in [4.78, 5) is 30.0. The number of carbonyl (C=O) groups excluding carboxylic acids is 2. The first-order chi connectivity index (χ1) is 18.7. The van der Waals surface area contributed by atoms with E-state index >= 15 is 0 Å². The molecule has 1 fully saturated rings. The average Bonchev–Trinajstić information content (AvgIpc) is 3.20. The Bertz CT molecular complexity index is 1410. The Morgan fingerprint density at radius 2 is 1.83 bits per heavy atom. The van der Waals surface area contributed by atoms with Gasteiger partial charge in [-0.25, -0.2) is 13.4 Å². The summed E-state index contributed by atoms with van der Waals surface area (Å²) in [5.74, 6) is -2.47. The van der Waals surface area contributed by atoms with E-state index in [1.165, 1.54) is 12.1 Å². The highest BCUT2D eigenvalue weighted by atomic mass is 32.2. The van der Waals surface area contributed by atoms with E-state index < -0.39 is 56.0 Å². The molecule has 228 valence electrons. The van der Waals surface area contributed by atoms with E-state index in [0.717, 1.165) is 10.8 Å². The van der Waals surface area contributed by atoms with Crippen LogP contribution in [0.2, 0.25) is 0 Å². The van der Waals surface area contributed by atoms with E-state index in [1.54, 1.807) is 13.0 Å². The molecule has 2 amide bonds. The number of aromatic nitrogens is 2. The highest BCUT2D eigenvalue weighted by molar-refractivity contribution is 7.91. The molecule has 3 rings (SSSR count). The molecule has 0 radical (unpaired) electrons. The number of hydrogen-bond acceptors (Lipinski definition) is 7. The second-order valence-corrected chi connectivity index (χ2v) is 14.1. The summed E-state index contributed by atoms with van der Waals surface area (Å²) in [7, 11) is -3.27. The largest absolute Gasteiger partial charge is 0.573 e. The number of nitrogens with one attached hydrogen (secondary N) is 1. The summed E-state index contributed by atoms with van der Waals surface area (Å²) in [5, 5.41) is 12.9. The van der Waals surface area contributed by atoms with Gasteiger partial charge in [-0.3, -0.25) is 14.2 Å². The molecule has 0 bridgehead atoms. The highest BCUT2D eigenvalue weighted by Gasteiger charge is 2.38. The molecule has 2 aromatic rings. The van der Waals surface area contributed by atoms with Crippen molar-refractivity contribution in [1.29, 1.82) is 0 Å². The van der Waals surface area contributed by atoms with Gasteiger partial charge in [-0.15, -0.1) is 13.2 Å². The Morgan fingerprint density at radius 3 is 2.32 bits per heavy atom. The average molecular weight is 603 g/mol. The Morgan fingerprint density at radius 1 is 1.22 bits per heavy atom. The number of halogens is 3. The quantitative estimate of drug-likeness (QED) is 0.397. The molecule has 1 aromatic carbocycles. The number of nitrogens with zero attached hydrogens (tertiary/aromatic N) is 2. The molecule has 14 heteroatoms. The minimum atomic E-state index is -5.04. The van der Waals surface area contributed by atoms with Crippen molar-refractivity contribution in [1.82, 2.24) is 14.9 Å². The summed E-state index contributed by atoms with van der Waals surface area (Å²) >= 11 is 0. The number of rotatable bonds is 9. The van der Waals surface area contributed by atoms with Crippen LogP contribution in [-0.4, -0.2) is 64.9 Å². The van der Waals surface area contributed by atoms with Crippen molar-refractivity contribution in [2.24, 2.45) is 11.1 Å². The van der Waals surface area contributed by atoms with Gasteiger partial charge in [0.15, 0.2) is 11.4 Å². The smallest absolute Gasteiger partial charge is 0.404 e. The Hall–Kier alpha value is -3.13. The SMILES string of the molecule is CCc1nc(C(=O)NCC2(O)CCC(S(C)(=O)=O)CC2)c(C(N)=O)n1-c1ccc(CC(C)(C)C)cc1OC(F)(F)F. The van der Waals surface area contributed by atoms with Crippen molar-refractivity contribution in [3.63, 3.8) is 0 Å². The number of benzene rings is 1. The number of ether oxygens (including phenoxy) is 1. The third-order valence-corrected chi connectivity index (χ3v) is 8.67. The molecular weight excluding hydrogens is 565 g/mol. The van der Waals surface area contributed by atoms with Gasteiger partial charge in [0, 0.05) is 19.2 Å². The van der Waals surface area contributed by atoms with Crippen LogP contribution in [-0.2, 0) is 22.7 Å². The minimum absolute atomic E-state index is 0.0897. The second-order valence-electron chi connectivity index (χ2n) is 11.8. The van der Waals surface area contributed by atoms with Crippen molar-refractivity contribution >= 4 is 21.7 Å². The lowest BCUT2D eigenvalue weighted by atomic mass is 9.84. The fraction of sp³-hybridized carbons (Fsp3) is 0.593. The van der Waals surface area contributed by atoms with Crippen LogP contribution in [0.5, 0.6) is 5.75 Å². The van der Waals surface area contributed by atoms with Crippen LogP contribution >= 0.6 is 0 Å². The number of amides is 2. The molecule has 0 spiro atoms. The van der Waals surface area contributed by atoms with Crippen molar-refractivity contribution in [3.05, 3.63) is 41.0 Å². The molecule has 0 saturated heterocycles. The van der Waals surface area contributed by atoms with E-state index in [1.807, 2.05) is 20.8 Å². The van der Waals surface area contributed by atoms with Gasteiger partial charge in [0.25, 0.3) is 11.8 Å². The number of aliphatic hydroxyl groups is 1. The van der Waals surface area contributed by atoms with Gasteiger partial charge >= 0.3 is 6.36 Å². The van der Waals surface area contributed by atoms with Crippen LogP contribution in [0.15, 0.2) is 18.2 Å². The monoisotopic (exact) mass is 602 g/mol. The lowest BCUT2D eigenvalue weighted by Crippen LogP contribution is -2.47. The van der Waals surface area contributed by atoms with Crippen LogP contribution in [0.25, 0.3) is 5.69 Å². The summed E-state index contributed by atoms with van der Waals surface area (Å²) in [5.41, 5.74) is 3.54. The van der Waals surface area contributed by atoms with Crippen LogP contribution in [0.4, 0.5) is 13.2 Å². The topological polar surface area (TPSA) is 154 Å². The van der Waals surface area contributed by atoms with Crippen molar-refractivity contribution in [2.45, 2.75) is 83.4 Å². The lowest BCUT2D eigenvalue weighted by Gasteiger charge is -2.35. The number of carbonyl (C=O) groups is 2. The van der Waals surface area contributed by atoms with E-state index in [0.29, 0.717) is 12.0 Å². The Balaban J connectivity index is 1.99. The second kappa shape index (κ2) is 11.6. The van der Waals surface area contributed by atoms with Crippen LogP contribution in [0, 0.1) is 5.41 Å². The lowest BCUT2D eigenvalue weighted by molar-refractivity contribution is -0.274. The molecule has 0 aliphatic heterocycles. The Kier molecular flexibility index (Phi) is 9.19. The molecular formula is C27H37F3N4O6S. The summed E-state index contributed by atoms with van der Waals surface area (Å²) in [6.45, 7) is 7.19. The van der Waals surface area contributed by atoms with Gasteiger partial charge in [-0.2, -0.15) is 0 Å². The highest BCUT2D eigenvalue weighted by Crippen LogP contribution is 2.35. The fourth-order valence-electron chi connectivity index (χ4n) is 5.08.